The van der Waals surface area contributed by atoms with Crippen LogP contribution < -0.4 is 10.1 Å². The Labute approximate surface area is 171 Å². The monoisotopic (exact) mass is 395 g/mol. The van der Waals surface area contributed by atoms with Crippen molar-refractivity contribution in [2.24, 2.45) is 10.4 Å². The van der Waals surface area contributed by atoms with E-state index in [-0.39, 0.29) is 6.04 Å². The fraction of sp³-hybridized carbons (Fsp3) is 0.522. The molecule has 2 unspecified atom stereocenters. The molecule has 0 bridgehead atoms. The van der Waals surface area contributed by atoms with Gasteiger partial charge >= 0.3 is 0 Å². The van der Waals surface area contributed by atoms with Crippen molar-refractivity contribution in [3.05, 3.63) is 54.0 Å². The van der Waals surface area contributed by atoms with Crippen LogP contribution in [-0.4, -0.2) is 50.3 Å². The first kappa shape index (κ1) is 18.6. The molecule has 2 fully saturated rings. The predicted molar refractivity (Wildman–Crippen MR) is 111 cm³/mol. The van der Waals surface area contributed by atoms with Crippen molar-refractivity contribution in [2.75, 3.05) is 39.5 Å². The number of guanidine groups is 1. The maximum absolute atomic E-state index is 5.84. The summed E-state index contributed by atoms with van der Waals surface area (Å²) in [6.45, 7) is 5.25. The SMILES string of the molecule is c1coc(CCN=C(NC2CCOc3ccccc32)N2CCC3(CCOC3)C2)c1. The highest BCUT2D eigenvalue weighted by molar-refractivity contribution is 5.81. The number of benzene rings is 1. The van der Waals surface area contributed by atoms with Crippen LogP contribution in [0.3, 0.4) is 0 Å². The Morgan fingerprint density at radius 1 is 1.17 bits per heavy atom. The molecule has 1 N–H and O–H groups in total. The second-order valence-electron chi connectivity index (χ2n) is 8.38. The molecule has 3 aliphatic rings. The first-order valence-corrected chi connectivity index (χ1v) is 10.7. The van der Waals surface area contributed by atoms with Gasteiger partial charge in [0.15, 0.2) is 5.96 Å². The van der Waals surface area contributed by atoms with Crippen molar-refractivity contribution >= 4 is 5.96 Å². The molecular formula is C23H29N3O3. The van der Waals surface area contributed by atoms with Gasteiger partial charge in [0.2, 0.25) is 0 Å². The van der Waals surface area contributed by atoms with Crippen LogP contribution in [0, 0.1) is 5.41 Å². The van der Waals surface area contributed by atoms with E-state index in [1.807, 2.05) is 18.2 Å². The van der Waals surface area contributed by atoms with Gasteiger partial charge in [0, 0.05) is 50.1 Å². The number of furan rings is 1. The van der Waals surface area contributed by atoms with Gasteiger partial charge in [-0.15, -0.1) is 0 Å². The Bertz CT molecular complexity index is 843. The summed E-state index contributed by atoms with van der Waals surface area (Å²) < 4.78 is 17.0. The van der Waals surface area contributed by atoms with Gasteiger partial charge in [0.1, 0.15) is 11.5 Å². The standard InChI is InChI=1S/C23H29N3O3/c1-2-6-21-19(5-1)20(8-14-29-21)25-22(24-11-7-18-4-3-13-28-18)26-12-9-23(16-26)10-15-27-17-23/h1-6,13,20H,7-12,14-17H2,(H,24,25). The number of hydrogen-bond donors (Lipinski definition) is 1. The summed E-state index contributed by atoms with van der Waals surface area (Å²) in [4.78, 5) is 7.42. The molecule has 1 aromatic heterocycles. The number of rotatable bonds is 4. The molecule has 1 aromatic carbocycles. The van der Waals surface area contributed by atoms with Gasteiger partial charge in [-0.1, -0.05) is 18.2 Å². The zero-order valence-electron chi connectivity index (χ0n) is 16.8. The molecule has 1 spiro atoms. The number of aliphatic imine (C=N–C) groups is 1. The molecule has 0 saturated carbocycles. The molecule has 2 atom stereocenters. The smallest absolute Gasteiger partial charge is 0.194 e. The molecule has 154 valence electrons. The zero-order chi connectivity index (χ0) is 19.5. The average molecular weight is 396 g/mol. The minimum atomic E-state index is 0.221. The van der Waals surface area contributed by atoms with Crippen LogP contribution in [0.25, 0.3) is 0 Å². The minimum absolute atomic E-state index is 0.221. The highest BCUT2D eigenvalue weighted by Crippen LogP contribution is 2.38. The zero-order valence-corrected chi connectivity index (χ0v) is 16.8. The third-order valence-electron chi connectivity index (χ3n) is 6.38. The van der Waals surface area contributed by atoms with Crippen molar-refractivity contribution < 1.29 is 13.9 Å². The van der Waals surface area contributed by atoms with E-state index in [0.717, 1.165) is 69.6 Å². The normalized spacial score (nSPS) is 26.6. The van der Waals surface area contributed by atoms with E-state index in [0.29, 0.717) is 12.0 Å². The summed E-state index contributed by atoms with van der Waals surface area (Å²) in [5.74, 6) is 2.96. The molecule has 0 aliphatic carbocycles. The quantitative estimate of drug-likeness (QED) is 0.635. The Morgan fingerprint density at radius 3 is 3.00 bits per heavy atom. The first-order valence-electron chi connectivity index (χ1n) is 10.7. The van der Waals surface area contributed by atoms with Gasteiger partial charge in [0.25, 0.3) is 0 Å². The molecule has 6 heteroatoms. The van der Waals surface area contributed by atoms with Gasteiger partial charge in [-0.2, -0.15) is 0 Å². The fourth-order valence-electron chi connectivity index (χ4n) is 4.70. The number of hydrogen-bond acceptors (Lipinski definition) is 4. The average Bonchev–Trinajstić information content (AvgIpc) is 3.51. The van der Waals surface area contributed by atoms with Gasteiger partial charge < -0.3 is 24.1 Å². The topological polar surface area (TPSA) is 59.2 Å². The van der Waals surface area contributed by atoms with E-state index in [4.69, 9.17) is 18.9 Å². The fourth-order valence-corrected chi connectivity index (χ4v) is 4.70. The largest absolute Gasteiger partial charge is 0.493 e. The molecular weight excluding hydrogens is 366 g/mol. The maximum atomic E-state index is 5.84. The molecule has 29 heavy (non-hydrogen) atoms. The molecule has 0 radical (unpaired) electrons. The Morgan fingerprint density at radius 2 is 2.14 bits per heavy atom. The third-order valence-corrected chi connectivity index (χ3v) is 6.38. The molecule has 0 amide bonds. The highest BCUT2D eigenvalue weighted by Gasteiger charge is 2.42. The summed E-state index contributed by atoms with van der Waals surface area (Å²) in [7, 11) is 0. The van der Waals surface area contributed by atoms with E-state index < -0.39 is 0 Å². The maximum Gasteiger partial charge on any atom is 0.194 e. The summed E-state index contributed by atoms with van der Waals surface area (Å²) >= 11 is 0. The van der Waals surface area contributed by atoms with Crippen LogP contribution in [0.5, 0.6) is 5.75 Å². The number of nitrogens with zero attached hydrogens (tertiary/aromatic N) is 2. The summed E-state index contributed by atoms with van der Waals surface area (Å²) in [6.07, 6.45) is 5.81. The molecule has 3 aliphatic heterocycles. The molecule has 2 saturated heterocycles. The highest BCUT2D eigenvalue weighted by atomic mass is 16.5. The van der Waals surface area contributed by atoms with E-state index in [1.54, 1.807) is 6.26 Å². The number of ether oxygens (including phenoxy) is 2. The van der Waals surface area contributed by atoms with Crippen molar-refractivity contribution in [1.29, 1.82) is 0 Å². The van der Waals surface area contributed by atoms with Gasteiger partial charge in [-0.25, -0.2) is 0 Å². The van der Waals surface area contributed by atoms with E-state index in [2.05, 4.69) is 28.4 Å². The van der Waals surface area contributed by atoms with Gasteiger partial charge in [0.05, 0.1) is 25.5 Å². The Kier molecular flexibility index (Phi) is 5.19. The lowest BCUT2D eigenvalue weighted by Gasteiger charge is -2.31. The number of fused-ring (bicyclic) bond motifs is 1. The lowest BCUT2D eigenvalue weighted by atomic mass is 9.87. The first-order chi connectivity index (χ1) is 14.3. The molecule has 4 heterocycles. The van der Waals surface area contributed by atoms with E-state index in [9.17, 15) is 0 Å². The van der Waals surface area contributed by atoms with Gasteiger partial charge in [-0.05, 0) is 31.0 Å². The van der Waals surface area contributed by atoms with Crippen LogP contribution in [0.1, 0.15) is 36.6 Å². The third kappa shape index (κ3) is 3.99. The van der Waals surface area contributed by atoms with Crippen LogP contribution in [0.2, 0.25) is 0 Å². The Hall–Kier alpha value is -2.47. The van der Waals surface area contributed by atoms with Crippen molar-refractivity contribution in [2.45, 2.75) is 31.7 Å². The van der Waals surface area contributed by atoms with Crippen LogP contribution >= 0.6 is 0 Å². The minimum Gasteiger partial charge on any atom is -0.493 e. The second kappa shape index (κ2) is 8.11. The van der Waals surface area contributed by atoms with Crippen molar-refractivity contribution in [3.8, 4) is 5.75 Å². The summed E-state index contributed by atoms with van der Waals surface area (Å²) in [5.41, 5.74) is 1.52. The molecule has 2 aromatic rings. The van der Waals surface area contributed by atoms with Crippen molar-refractivity contribution in [3.63, 3.8) is 0 Å². The predicted octanol–water partition coefficient (Wildman–Crippen LogP) is 3.40. The van der Waals surface area contributed by atoms with E-state index >= 15 is 0 Å². The summed E-state index contributed by atoms with van der Waals surface area (Å²) in [5, 5.41) is 3.77. The Balaban J connectivity index is 1.34. The number of para-hydroxylation sites is 1. The lowest BCUT2D eigenvalue weighted by molar-refractivity contribution is 0.156. The number of nitrogens with one attached hydrogen (secondary N) is 1. The van der Waals surface area contributed by atoms with Crippen molar-refractivity contribution in [1.82, 2.24) is 10.2 Å². The van der Waals surface area contributed by atoms with Gasteiger partial charge in [-0.3, -0.25) is 4.99 Å². The van der Waals surface area contributed by atoms with E-state index in [1.165, 1.54) is 12.0 Å². The molecule has 6 nitrogen and oxygen atoms in total. The lowest BCUT2D eigenvalue weighted by Crippen LogP contribution is -2.44. The molecule has 5 rings (SSSR count). The summed E-state index contributed by atoms with van der Waals surface area (Å²) in [6, 6.07) is 12.5. The van der Waals surface area contributed by atoms with Crippen LogP contribution in [-0.2, 0) is 11.2 Å². The number of likely N-dealkylation sites (tertiary alicyclic amines) is 1. The second-order valence-corrected chi connectivity index (χ2v) is 8.38. The van der Waals surface area contributed by atoms with Crippen LogP contribution in [0.15, 0.2) is 52.1 Å². The van der Waals surface area contributed by atoms with Crippen LogP contribution in [0.4, 0.5) is 0 Å².